The van der Waals surface area contributed by atoms with Gasteiger partial charge in [-0.1, -0.05) is 33.6 Å². The summed E-state index contributed by atoms with van der Waals surface area (Å²) in [6, 6.07) is 1.79. The highest BCUT2D eigenvalue weighted by Gasteiger charge is 2.60. The zero-order valence-corrected chi connectivity index (χ0v) is 31.6. The second-order valence-electron chi connectivity index (χ2n) is 18.3. The molecule has 0 aromatic carbocycles. The second kappa shape index (κ2) is 18.0. The van der Waals surface area contributed by atoms with Crippen LogP contribution in [0, 0.1) is 46.3 Å². The van der Waals surface area contributed by atoms with Gasteiger partial charge in [-0.3, -0.25) is 0 Å². The van der Waals surface area contributed by atoms with Gasteiger partial charge in [0.1, 0.15) is 0 Å². The van der Waals surface area contributed by atoms with Crippen LogP contribution in [0.15, 0.2) is 0 Å². The Morgan fingerprint density at radius 2 is 1.40 bits per heavy atom. The number of rotatable bonds is 9. The van der Waals surface area contributed by atoms with Gasteiger partial charge in [-0.25, -0.2) is 0 Å². The van der Waals surface area contributed by atoms with E-state index in [0.717, 1.165) is 101 Å². The molecule has 278 valence electrons. The lowest BCUT2D eigenvalue weighted by atomic mass is 9.44. The topological polar surface area (TPSA) is 92.4 Å². The fourth-order valence-corrected chi connectivity index (χ4v) is 12.9. The van der Waals surface area contributed by atoms with Crippen molar-refractivity contribution in [3.05, 3.63) is 0 Å². The average molecular weight is 671 g/mol. The van der Waals surface area contributed by atoms with Gasteiger partial charge in [-0.2, -0.15) is 0 Å². The van der Waals surface area contributed by atoms with Crippen LogP contribution in [0.25, 0.3) is 0 Å². The van der Waals surface area contributed by atoms with E-state index in [-0.39, 0.29) is 6.10 Å². The number of aliphatic hydroxyl groups excluding tert-OH is 1. The maximum absolute atomic E-state index is 10.4. The third-order valence-corrected chi connectivity index (χ3v) is 15.6. The Balaban J connectivity index is 0.898. The van der Waals surface area contributed by atoms with Gasteiger partial charge in [0.2, 0.25) is 0 Å². The van der Waals surface area contributed by atoms with Crippen molar-refractivity contribution >= 4 is 0 Å². The van der Waals surface area contributed by atoms with Gasteiger partial charge in [0.05, 0.1) is 6.10 Å². The van der Waals surface area contributed by atoms with E-state index in [9.17, 15) is 5.11 Å². The summed E-state index contributed by atoms with van der Waals surface area (Å²) in [7, 11) is 0. The van der Waals surface area contributed by atoms with E-state index in [4.69, 9.17) is 0 Å². The van der Waals surface area contributed by atoms with E-state index in [1.807, 2.05) is 0 Å². The summed E-state index contributed by atoms with van der Waals surface area (Å²) in [5, 5.41) is 33.2. The third kappa shape index (κ3) is 9.01. The van der Waals surface area contributed by atoms with Crippen molar-refractivity contribution < 1.29 is 5.11 Å². The minimum absolute atomic E-state index is 0.0266. The van der Waals surface area contributed by atoms with Crippen LogP contribution in [-0.4, -0.2) is 88.2 Å². The molecule has 6 rings (SSSR count). The van der Waals surface area contributed by atoms with Gasteiger partial charge >= 0.3 is 0 Å². The van der Waals surface area contributed by atoms with E-state index in [1.54, 1.807) is 0 Å². The summed E-state index contributed by atoms with van der Waals surface area (Å²) in [6.07, 6.45) is 22.7. The first-order valence-corrected chi connectivity index (χ1v) is 21.4. The van der Waals surface area contributed by atoms with Gasteiger partial charge in [0.25, 0.3) is 0 Å². The van der Waals surface area contributed by atoms with E-state index in [2.05, 4.69) is 52.7 Å². The number of hydrogen-bond acceptors (Lipinski definition) is 7. The standard InChI is InChI=1S/C41H78N6O/c1-30(35-14-15-36-34-13-12-31-28-33(48)16-18-40(31,2)37(34)17-19-41(35,36)3)8-6-20-42-21-7-9-32-29-47-39-11-5-4-10-38(39)46-27-25-44-23-22-43-24-26-45-32/h30-39,42-48H,4-29H2,1-3H3/t30-,31-,32?,33-,34+,35-,36+,37+,38-,39-,40+,41-/m1/s1. The van der Waals surface area contributed by atoms with Gasteiger partial charge in [-0.15, -0.1) is 0 Å². The predicted octanol–water partition coefficient (Wildman–Crippen LogP) is 5.43. The Hall–Kier alpha value is -0.280. The smallest absolute Gasteiger partial charge is 0.0543 e. The Morgan fingerprint density at radius 1 is 0.708 bits per heavy atom. The summed E-state index contributed by atoms with van der Waals surface area (Å²) in [5.74, 6) is 5.38. The molecule has 0 amide bonds. The van der Waals surface area contributed by atoms with Crippen molar-refractivity contribution in [3.63, 3.8) is 0 Å². The SMILES string of the molecule is C[C@H](CCCNCCCC1CN[C@@H]2CCCC[C@H]2NCCNCCNCCN1)[C@H]1CC[C@H]2[C@@H]3CC[C@@H]4C[C@H](O)CC[C@]4(C)[C@H]3CC[C@]12C. The summed E-state index contributed by atoms with van der Waals surface area (Å²) in [5.41, 5.74) is 1.07. The van der Waals surface area contributed by atoms with Crippen molar-refractivity contribution in [1.29, 1.82) is 0 Å². The highest BCUT2D eigenvalue weighted by atomic mass is 16.3. The largest absolute Gasteiger partial charge is 0.393 e. The normalized spacial score (nSPS) is 43.9. The van der Waals surface area contributed by atoms with Crippen LogP contribution < -0.4 is 31.9 Å². The first-order chi connectivity index (χ1) is 23.4. The molecule has 7 nitrogen and oxygen atoms in total. The minimum Gasteiger partial charge on any atom is -0.393 e. The Bertz CT molecular complexity index is 952. The lowest BCUT2D eigenvalue weighted by Gasteiger charge is -2.61. The van der Waals surface area contributed by atoms with Gasteiger partial charge in [0.15, 0.2) is 0 Å². The molecule has 0 aromatic rings. The van der Waals surface area contributed by atoms with Crippen molar-refractivity contribution in [2.75, 3.05) is 58.9 Å². The minimum atomic E-state index is -0.0266. The summed E-state index contributed by atoms with van der Waals surface area (Å²) < 4.78 is 0. The molecule has 5 aliphatic carbocycles. The zero-order valence-electron chi connectivity index (χ0n) is 31.6. The highest BCUT2D eigenvalue weighted by molar-refractivity contribution is 5.09. The van der Waals surface area contributed by atoms with Gasteiger partial charge in [-0.05, 0) is 156 Å². The molecule has 6 aliphatic rings. The molecule has 7 heteroatoms. The van der Waals surface area contributed by atoms with E-state index in [0.29, 0.717) is 29.0 Å². The molecule has 0 spiro atoms. The number of aliphatic hydroxyl groups is 1. The van der Waals surface area contributed by atoms with Crippen LogP contribution in [0.5, 0.6) is 0 Å². The molecule has 0 bridgehead atoms. The Kier molecular flexibility index (Phi) is 14.0. The monoisotopic (exact) mass is 671 g/mol. The Morgan fingerprint density at radius 3 is 2.21 bits per heavy atom. The predicted molar refractivity (Wildman–Crippen MR) is 201 cm³/mol. The number of fused-ring (bicyclic) bond motifs is 6. The number of nitrogens with one attached hydrogen (secondary N) is 6. The fraction of sp³-hybridized carbons (Fsp3) is 1.00. The molecule has 1 heterocycles. The first-order valence-electron chi connectivity index (χ1n) is 21.4. The van der Waals surface area contributed by atoms with Crippen molar-refractivity contribution in [3.8, 4) is 0 Å². The molecule has 0 radical (unpaired) electrons. The van der Waals surface area contributed by atoms with Gasteiger partial charge in [0, 0.05) is 63.9 Å². The molecular formula is C41H78N6O. The quantitative estimate of drug-likeness (QED) is 0.165. The molecule has 1 saturated heterocycles. The van der Waals surface area contributed by atoms with E-state index in [1.165, 1.54) is 103 Å². The first kappa shape index (κ1) is 37.5. The lowest BCUT2D eigenvalue weighted by Crippen LogP contribution is -2.54. The maximum atomic E-state index is 10.4. The van der Waals surface area contributed by atoms with Crippen LogP contribution in [0.4, 0.5) is 0 Å². The summed E-state index contributed by atoms with van der Waals surface area (Å²) in [6.45, 7) is 17.7. The number of hydrogen-bond donors (Lipinski definition) is 7. The fourth-order valence-electron chi connectivity index (χ4n) is 12.9. The van der Waals surface area contributed by atoms with E-state index < -0.39 is 0 Å². The molecule has 0 aromatic heterocycles. The maximum Gasteiger partial charge on any atom is 0.0543 e. The van der Waals surface area contributed by atoms with Gasteiger partial charge < -0.3 is 37.0 Å². The van der Waals surface area contributed by atoms with Crippen LogP contribution in [0.2, 0.25) is 0 Å². The lowest BCUT2D eigenvalue weighted by molar-refractivity contribution is -0.129. The molecule has 1 unspecified atom stereocenters. The highest BCUT2D eigenvalue weighted by Crippen LogP contribution is 2.68. The average Bonchev–Trinajstić information content (AvgIpc) is 3.44. The van der Waals surface area contributed by atoms with Crippen molar-refractivity contribution in [2.24, 2.45) is 46.3 Å². The third-order valence-electron chi connectivity index (χ3n) is 15.6. The molecule has 5 saturated carbocycles. The molecule has 7 N–H and O–H groups in total. The van der Waals surface area contributed by atoms with Crippen molar-refractivity contribution in [2.45, 2.75) is 154 Å². The summed E-state index contributed by atoms with van der Waals surface area (Å²) >= 11 is 0. The summed E-state index contributed by atoms with van der Waals surface area (Å²) in [4.78, 5) is 0. The molecule has 1 aliphatic heterocycles. The molecule has 6 fully saturated rings. The van der Waals surface area contributed by atoms with Crippen LogP contribution in [0.3, 0.4) is 0 Å². The second-order valence-corrected chi connectivity index (χ2v) is 18.3. The molecule has 48 heavy (non-hydrogen) atoms. The van der Waals surface area contributed by atoms with Crippen LogP contribution in [0.1, 0.15) is 130 Å². The Labute approximate surface area is 295 Å². The van der Waals surface area contributed by atoms with E-state index >= 15 is 0 Å². The zero-order chi connectivity index (χ0) is 33.4. The molecular weight excluding hydrogens is 592 g/mol. The van der Waals surface area contributed by atoms with Crippen LogP contribution >= 0.6 is 0 Å². The van der Waals surface area contributed by atoms with Crippen molar-refractivity contribution in [1.82, 2.24) is 31.9 Å². The van der Waals surface area contributed by atoms with Crippen LogP contribution in [-0.2, 0) is 0 Å². The molecule has 12 atom stereocenters.